The first-order valence-corrected chi connectivity index (χ1v) is 4.51. The molecule has 1 saturated heterocycles. The molecule has 0 saturated carbocycles. The van der Waals surface area contributed by atoms with E-state index in [1.807, 2.05) is 0 Å². The highest BCUT2D eigenvalue weighted by molar-refractivity contribution is 5.85. The van der Waals surface area contributed by atoms with Crippen LogP contribution in [0.2, 0.25) is 0 Å². The van der Waals surface area contributed by atoms with Gasteiger partial charge in [-0.1, -0.05) is 24.3 Å². The Hall–Kier alpha value is -0.710. The van der Waals surface area contributed by atoms with Crippen molar-refractivity contribution in [3.05, 3.63) is 35.4 Å². The Bertz CT molecular complexity index is 340. The van der Waals surface area contributed by atoms with Gasteiger partial charge in [0.15, 0.2) is 0 Å². The first-order valence-electron chi connectivity index (χ1n) is 4.51. The van der Waals surface area contributed by atoms with Gasteiger partial charge in [-0.25, -0.2) is 8.78 Å². The average Bonchev–Trinajstić information content (AvgIpc) is 2.14. The summed E-state index contributed by atoms with van der Waals surface area (Å²) < 4.78 is 25.3. The van der Waals surface area contributed by atoms with Crippen LogP contribution in [0.1, 0.15) is 17.6 Å². The standard InChI is InChI=1S/C10H12F2N2.ClH/c11-9(12)7-3-1-2-4-8(7)10(13)5-14-6-10;/h1-4,9,14H,5-6,13H2;1H. The van der Waals surface area contributed by atoms with E-state index < -0.39 is 12.0 Å². The van der Waals surface area contributed by atoms with Gasteiger partial charge in [0.2, 0.25) is 0 Å². The summed E-state index contributed by atoms with van der Waals surface area (Å²) in [6.45, 7) is 1.13. The first-order chi connectivity index (χ1) is 6.63. The maximum Gasteiger partial charge on any atom is 0.264 e. The summed E-state index contributed by atoms with van der Waals surface area (Å²) in [6, 6.07) is 6.48. The fraction of sp³-hybridized carbons (Fsp3) is 0.400. The minimum absolute atomic E-state index is 0. The number of rotatable bonds is 2. The molecule has 1 aromatic carbocycles. The van der Waals surface area contributed by atoms with Gasteiger partial charge in [-0.15, -0.1) is 12.4 Å². The smallest absolute Gasteiger partial charge is 0.264 e. The van der Waals surface area contributed by atoms with Gasteiger partial charge in [0.05, 0.1) is 5.54 Å². The molecule has 1 aromatic rings. The molecule has 15 heavy (non-hydrogen) atoms. The number of benzene rings is 1. The van der Waals surface area contributed by atoms with Gasteiger partial charge in [0, 0.05) is 18.7 Å². The lowest BCUT2D eigenvalue weighted by Gasteiger charge is -2.40. The predicted octanol–water partition coefficient (Wildman–Crippen LogP) is 1.80. The Kier molecular flexibility index (Phi) is 3.65. The van der Waals surface area contributed by atoms with Crippen molar-refractivity contribution in [2.24, 2.45) is 5.73 Å². The van der Waals surface area contributed by atoms with Crippen molar-refractivity contribution in [3.8, 4) is 0 Å². The molecule has 5 heteroatoms. The summed E-state index contributed by atoms with van der Waals surface area (Å²) in [5, 5.41) is 3.00. The van der Waals surface area contributed by atoms with Crippen LogP contribution in [0.3, 0.4) is 0 Å². The minimum Gasteiger partial charge on any atom is -0.319 e. The van der Waals surface area contributed by atoms with Gasteiger partial charge in [-0.05, 0) is 5.56 Å². The zero-order chi connectivity index (χ0) is 10.2. The largest absolute Gasteiger partial charge is 0.319 e. The number of nitrogens with two attached hydrogens (primary N) is 1. The third kappa shape index (κ3) is 2.12. The predicted molar refractivity (Wildman–Crippen MR) is 57.4 cm³/mol. The topological polar surface area (TPSA) is 38.0 Å². The van der Waals surface area contributed by atoms with E-state index in [0.717, 1.165) is 0 Å². The minimum atomic E-state index is -2.45. The Morgan fingerprint density at radius 3 is 2.33 bits per heavy atom. The molecule has 0 unspecified atom stereocenters. The van der Waals surface area contributed by atoms with E-state index in [0.29, 0.717) is 18.7 Å². The maximum absolute atomic E-state index is 12.6. The zero-order valence-electron chi connectivity index (χ0n) is 8.04. The summed E-state index contributed by atoms with van der Waals surface area (Å²) in [4.78, 5) is 0. The lowest BCUT2D eigenvalue weighted by atomic mass is 9.82. The molecule has 0 radical (unpaired) electrons. The van der Waals surface area contributed by atoms with Gasteiger partial charge in [0.25, 0.3) is 6.43 Å². The SMILES string of the molecule is Cl.NC1(c2ccccc2C(F)F)CNC1. The third-order valence-corrected chi connectivity index (χ3v) is 2.61. The van der Waals surface area contributed by atoms with Crippen LogP contribution >= 0.6 is 12.4 Å². The summed E-state index contributed by atoms with van der Waals surface area (Å²) in [5.41, 5.74) is 5.98. The highest BCUT2D eigenvalue weighted by atomic mass is 35.5. The van der Waals surface area contributed by atoms with Crippen molar-refractivity contribution in [3.63, 3.8) is 0 Å². The fourth-order valence-corrected chi connectivity index (χ4v) is 1.73. The number of alkyl halides is 2. The van der Waals surface area contributed by atoms with Gasteiger partial charge >= 0.3 is 0 Å². The monoisotopic (exact) mass is 234 g/mol. The second-order valence-electron chi connectivity index (χ2n) is 3.65. The van der Waals surface area contributed by atoms with E-state index in [9.17, 15) is 8.78 Å². The Labute approximate surface area is 93.3 Å². The maximum atomic E-state index is 12.6. The van der Waals surface area contributed by atoms with Crippen LogP contribution in [0.15, 0.2) is 24.3 Å². The van der Waals surface area contributed by atoms with Crippen molar-refractivity contribution in [1.82, 2.24) is 5.32 Å². The molecule has 3 N–H and O–H groups in total. The third-order valence-electron chi connectivity index (χ3n) is 2.61. The molecule has 0 aliphatic carbocycles. The highest BCUT2D eigenvalue weighted by Crippen LogP contribution is 2.31. The quantitative estimate of drug-likeness (QED) is 0.819. The van der Waals surface area contributed by atoms with Crippen molar-refractivity contribution in [2.45, 2.75) is 12.0 Å². The van der Waals surface area contributed by atoms with Crippen LogP contribution in [0.5, 0.6) is 0 Å². The molecule has 1 heterocycles. The molecular formula is C10H13ClF2N2. The van der Waals surface area contributed by atoms with Gasteiger partial charge < -0.3 is 11.1 Å². The molecule has 0 atom stereocenters. The van der Waals surface area contributed by atoms with Crippen molar-refractivity contribution < 1.29 is 8.78 Å². The van der Waals surface area contributed by atoms with Crippen LogP contribution in [-0.4, -0.2) is 13.1 Å². The molecule has 1 aliphatic rings. The second kappa shape index (κ2) is 4.43. The number of hydrogen-bond acceptors (Lipinski definition) is 2. The molecule has 1 fully saturated rings. The fourth-order valence-electron chi connectivity index (χ4n) is 1.73. The van der Waals surface area contributed by atoms with Crippen molar-refractivity contribution >= 4 is 12.4 Å². The summed E-state index contributed by atoms with van der Waals surface area (Å²) >= 11 is 0. The molecule has 2 rings (SSSR count). The van der Waals surface area contributed by atoms with E-state index in [1.54, 1.807) is 18.2 Å². The lowest BCUT2D eigenvalue weighted by Crippen LogP contribution is -2.63. The molecular weight excluding hydrogens is 222 g/mol. The van der Waals surface area contributed by atoms with E-state index in [1.165, 1.54) is 6.07 Å². The van der Waals surface area contributed by atoms with Crippen molar-refractivity contribution in [2.75, 3.05) is 13.1 Å². The van der Waals surface area contributed by atoms with Crippen LogP contribution in [0.4, 0.5) is 8.78 Å². The summed E-state index contributed by atoms with van der Waals surface area (Å²) in [5.74, 6) is 0. The normalized spacial score (nSPS) is 18.1. The van der Waals surface area contributed by atoms with Crippen LogP contribution in [-0.2, 0) is 5.54 Å². The van der Waals surface area contributed by atoms with E-state index >= 15 is 0 Å². The van der Waals surface area contributed by atoms with Gasteiger partial charge in [-0.2, -0.15) is 0 Å². The Morgan fingerprint density at radius 2 is 1.87 bits per heavy atom. The molecule has 0 bridgehead atoms. The number of nitrogens with one attached hydrogen (secondary N) is 1. The molecule has 0 amide bonds. The van der Waals surface area contributed by atoms with Gasteiger partial charge in [0.1, 0.15) is 0 Å². The van der Waals surface area contributed by atoms with E-state index in [4.69, 9.17) is 5.73 Å². The zero-order valence-corrected chi connectivity index (χ0v) is 8.86. The van der Waals surface area contributed by atoms with E-state index in [2.05, 4.69) is 5.32 Å². The van der Waals surface area contributed by atoms with Crippen molar-refractivity contribution in [1.29, 1.82) is 0 Å². The first kappa shape index (κ1) is 12.4. The van der Waals surface area contributed by atoms with Crippen LogP contribution in [0.25, 0.3) is 0 Å². The lowest BCUT2D eigenvalue weighted by molar-refractivity contribution is 0.145. The Morgan fingerprint density at radius 1 is 1.27 bits per heavy atom. The van der Waals surface area contributed by atoms with E-state index in [-0.39, 0.29) is 18.0 Å². The van der Waals surface area contributed by atoms with Gasteiger partial charge in [-0.3, -0.25) is 0 Å². The highest BCUT2D eigenvalue weighted by Gasteiger charge is 2.37. The number of halogens is 3. The summed E-state index contributed by atoms with van der Waals surface area (Å²) in [6.07, 6.45) is -2.45. The molecule has 84 valence electrons. The van der Waals surface area contributed by atoms with Crippen LogP contribution < -0.4 is 11.1 Å². The summed E-state index contributed by atoms with van der Waals surface area (Å²) in [7, 11) is 0. The number of hydrogen-bond donors (Lipinski definition) is 2. The Balaban J connectivity index is 0.00000112. The van der Waals surface area contributed by atoms with Crippen LogP contribution in [0, 0.1) is 0 Å². The second-order valence-corrected chi connectivity index (χ2v) is 3.65. The molecule has 0 spiro atoms. The molecule has 1 aliphatic heterocycles. The average molecular weight is 235 g/mol. The molecule has 2 nitrogen and oxygen atoms in total. The molecule has 0 aromatic heterocycles.